The molecule has 0 radical (unpaired) electrons. The van der Waals surface area contributed by atoms with Crippen molar-refractivity contribution in [3.63, 3.8) is 0 Å². The molecule has 2 aliphatic rings. The van der Waals surface area contributed by atoms with Gasteiger partial charge >= 0.3 is 0 Å². The Morgan fingerprint density at radius 2 is 2.07 bits per heavy atom. The average molecular weight is 364 g/mol. The van der Waals surface area contributed by atoms with Gasteiger partial charge in [0.1, 0.15) is 0 Å². The third kappa shape index (κ3) is 3.97. The number of aryl methyl sites for hydroxylation is 3. The van der Waals surface area contributed by atoms with E-state index in [-0.39, 0.29) is 11.8 Å². The molecule has 1 fully saturated rings. The number of nitrogens with one attached hydrogen (secondary N) is 1. The summed E-state index contributed by atoms with van der Waals surface area (Å²) in [7, 11) is 0. The van der Waals surface area contributed by atoms with Crippen LogP contribution in [-0.2, 0) is 24.2 Å². The lowest BCUT2D eigenvalue weighted by Crippen LogP contribution is -2.34. The maximum absolute atomic E-state index is 12.7. The van der Waals surface area contributed by atoms with E-state index in [4.69, 9.17) is 4.98 Å². The Kier molecular flexibility index (Phi) is 5.10. The second-order valence-corrected chi connectivity index (χ2v) is 7.92. The highest BCUT2D eigenvalue weighted by Crippen LogP contribution is 2.26. The van der Waals surface area contributed by atoms with Crippen LogP contribution in [0.25, 0.3) is 0 Å². The van der Waals surface area contributed by atoms with Gasteiger partial charge in [-0.05, 0) is 62.6 Å². The molecule has 2 aromatic rings. The van der Waals surface area contributed by atoms with Crippen LogP contribution in [0.4, 0.5) is 5.95 Å². The molecular weight excluding hydrogens is 336 g/mol. The number of carbonyl (C=O) groups excluding carboxylic acids is 1. The van der Waals surface area contributed by atoms with Crippen LogP contribution in [0.2, 0.25) is 0 Å². The fourth-order valence-electron chi connectivity index (χ4n) is 4.11. The van der Waals surface area contributed by atoms with Crippen LogP contribution in [0.3, 0.4) is 0 Å². The summed E-state index contributed by atoms with van der Waals surface area (Å²) >= 11 is 0. The number of rotatable bonds is 4. The molecule has 1 saturated heterocycles. The lowest BCUT2D eigenvalue weighted by molar-refractivity contribution is -0.125. The molecule has 2 heterocycles. The third-order valence-electron chi connectivity index (χ3n) is 5.85. The van der Waals surface area contributed by atoms with E-state index in [1.54, 1.807) is 0 Å². The number of anilines is 1. The van der Waals surface area contributed by atoms with E-state index in [9.17, 15) is 4.79 Å². The van der Waals surface area contributed by atoms with E-state index in [1.807, 2.05) is 6.20 Å². The smallest absolute Gasteiger partial charge is 0.225 e. The Morgan fingerprint density at radius 1 is 1.26 bits per heavy atom. The SMILES string of the molecule is Cc1ccc(C)c(CNC(=O)[C@@H]2CCc3nc(N4CCCC4)ncc3C2)c1. The molecular formula is C22H28N4O. The van der Waals surface area contributed by atoms with Crippen LogP contribution in [0.5, 0.6) is 0 Å². The monoisotopic (exact) mass is 364 g/mol. The highest BCUT2D eigenvalue weighted by Gasteiger charge is 2.27. The number of aromatic nitrogens is 2. The molecule has 0 saturated carbocycles. The molecule has 1 aromatic heterocycles. The molecule has 1 aliphatic heterocycles. The summed E-state index contributed by atoms with van der Waals surface area (Å²) in [5.41, 5.74) is 5.90. The van der Waals surface area contributed by atoms with Gasteiger partial charge in [-0.2, -0.15) is 0 Å². The summed E-state index contributed by atoms with van der Waals surface area (Å²) in [6.45, 7) is 6.89. The van der Waals surface area contributed by atoms with Crippen molar-refractivity contribution in [2.45, 2.75) is 52.5 Å². The molecule has 5 nitrogen and oxygen atoms in total. The minimum atomic E-state index is 0.0175. The molecule has 0 spiro atoms. The van der Waals surface area contributed by atoms with Crippen molar-refractivity contribution in [3.8, 4) is 0 Å². The van der Waals surface area contributed by atoms with Gasteiger partial charge < -0.3 is 10.2 Å². The second kappa shape index (κ2) is 7.67. The van der Waals surface area contributed by atoms with Crippen LogP contribution in [-0.4, -0.2) is 29.0 Å². The van der Waals surface area contributed by atoms with Crippen molar-refractivity contribution in [1.82, 2.24) is 15.3 Å². The number of hydrogen-bond acceptors (Lipinski definition) is 4. The lowest BCUT2D eigenvalue weighted by atomic mass is 9.86. The fraction of sp³-hybridized carbons (Fsp3) is 0.500. The maximum atomic E-state index is 12.7. The molecule has 1 aliphatic carbocycles. The van der Waals surface area contributed by atoms with Gasteiger partial charge in [0.2, 0.25) is 11.9 Å². The van der Waals surface area contributed by atoms with Crippen molar-refractivity contribution in [3.05, 3.63) is 52.3 Å². The standard InChI is InChI=1S/C22H28N4O/c1-15-5-6-16(2)18(11-15)13-23-21(27)17-7-8-20-19(12-17)14-24-22(25-20)26-9-3-4-10-26/h5-6,11,14,17H,3-4,7-10,12-13H2,1-2H3,(H,23,27)/t17-/m1/s1. The van der Waals surface area contributed by atoms with Gasteiger partial charge in [0.25, 0.3) is 0 Å². The molecule has 1 amide bonds. The number of carbonyl (C=O) groups is 1. The van der Waals surface area contributed by atoms with Gasteiger partial charge in [-0.1, -0.05) is 23.8 Å². The zero-order chi connectivity index (χ0) is 18.8. The normalized spacial score (nSPS) is 19.0. The lowest BCUT2D eigenvalue weighted by Gasteiger charge is -2.24. The zero-order valence-electron chi connectivity index (χ0n) is 16.3. The van der Waals surface area contributed by atoms with E-state index in [1.165, 1.54) is 29.5 Å². The number of fused-ring (bicyclic) bond motifs is 1. The average Bonchev–Trinajstić information content (AvgIpc) is 3.22. The summed E-state index contributed by atoms with van der Waals surface area (Å²) in [4.78, 5) is 24.3. The maximum Gasteiger partial charge on any atom is 0.225 e. The number of nitrogens with zero attached hydrogens (tertiary/aromatic N) is 3. The van der Waals surface area contributed by atoms with Crippen molar-refractivity contribution in [2.24, 2.45) is 5.92 Å². The summed E-state index contributed by atoms with van der Waals surface area (Å²) < 4.78 is 0. The Bertz CT molecular complexity index is 842. The van der Waals surface area contributed by atoms with Crippen molar-refractivity contribution in [1.29, 1.82) is 0 Å². The molecule has 4 rings (SSSR count). The third-order valence-corrected chi connectivity index (χ3v) is 5.85. The first-order valence-electron chi connectivity index (χ1n) is 10.0. The first-order chi connectivity index (χ1) is 13.1. The predicted molar refractivity (Wildman–Crippen MR) is 107 cm³/mol. The zero-order valence-corrected chi connectivity index (χ0v) is 16.3. The van der Waals surface area contributed by atoms with Gasteiger partial charge in [0.05, 0.1) is 0 Å². The highest BCUT2D eigenvalue weighted by molar-refractivity contribution is 5.79. The minimum Gasteiger partial charge on any atom is -0.352 e. The van der Waals surface area contributed by atoms with Gasteiger partial charge in [-0.15, -0.1) is 0 Å². The van der Waals surface area contributed by atoms with Gasteiger partial charge in [0.15, 0.2) is 0 Å². The Labute approximate surface area is 161 Å². The molecule has 1 atom stereocenters. The Morgan fingerprint density at radius 3 is 2.89 bits per heavy atom. The van der Waals surface area contributed by atoms with Crippen molar-refractivity contribution >= 4 is 11.9 Å². The predicted octanol–water partition coefficient (Wildman–Crippen LogP) is 3.11. The summed E-state index contributed by atoms with van der Waals surface area (Å²) in [5.74, 6) is 1.03. The first-order valence-corrected chi connectivity index (χ1v) is 10.0. The van der Waals surface area contributed by atoms with E-state index < -0.39 is 0 Å². The van der Waals surface area contributed by atoms with Crippen LogP contribution in [0.15, 0.2) is 24.4 Å². The number of amides is 1. The van der Waals surface area contributed by atoms with Crippen molar-refractivity contribution < 1.29 is 4.79 Å². The second-order valence-electron chi connectivity index (χ2n) is 7.92. The van der Waals surface area contributed by atoms with Crippen molar-refractivity contribution in [2.75, 3.05) is 18.0 Å². The molecule has 0 bridgehead atoms. The molecule has 1 aromatic carbocycles. The first kappa shape index (κ1) is 18.0. The number of benzene rings is 1. The summed E-state index contributed by atoms with van der Waals surface area (Å²) in [6, 6.07) is 6.37. The topological polar surface area (TPSA) is 58.1 Å². The quantitative estimate of drug-likeness (QED) is 0.906. The van der Waals surface area contributed by atoms with E-state index in [0.29, 0.717) is 6.54 Å². The minimum absolute atomic E-state index is 0.0175. The van der Waals surface area contributed by atoms with Crippen LogP contribution < -0.4 is 10.2 Å². The van der Waals surface area contributed by atoms with Crippen LogP contribution in [0.1, 0.15) is 47.2 Å². The molecule has 142 valence electrons. The van der Waals surface area contributed by atoms with Gasteiger partial charge in [0, 0.05) is 37.4 Å². The highest BCUT2D eigenvalue weighted by atomic mass is 16.1. The molecule has 5 heteroatoms. The van der Waals surface area contributed by atoms with E-state index in [0.717, 1.165) is 49.6 Å². The van der Waals surface area contributed by atoms with Gasteiger partial charge in [-0.3, -0.25) is 4.79 Å². The fourth-order valence-corrected chi connectivity index (χ4v) is 4.11. The van der Waals surface area contributed by atoms with Crippen LogP contribution >= 0.6 is 0 Å². The van der Waals surface area contributed by atoms with Gasteiger partial charge in [-0.25, -0.2) is 9.97 Å². The number of hydrogen-bond donors (Lipinski definition) is 1. The van der Waals surface area contributed by atoms with Crippen LogP contribution in [0, 0.1) is 19.8 Å². The molecule has 0 unspecified atom stereocenters. The van der Waals surface area contributed by atoms with E-state index in [2.05, 4.69) is 47.2 Å². The van der Waals surface area contributed by atoms with E-state index >= 15 is 0 Å². The Balaban J connectivity index is 1.38. The largest absolute Gasteiger partial charge is 0.352 e. The summed E-state index contributed by atoms with van der Waals surface area (Å²) in [5, 5.41) is 3.14. The molecule has 27 heavy (non-hydrogen) atoms. The molecule has 1 N–H and O–H groups in total. The summed E-state index contributed by atoms with van der Waals surface area (Å²) in [6.07, 6.45) is 6.86. The Hall–Kier alpha value is -2.43.